The predicted molar refractivity (Wildman–Crippen MR) is 80.2 cm³/mol. The van der Waals surface area contributed by atoms with Gasteiger partial charge in [0, 0.05) is 18.0 Å². The van der Waals surface area contributed by atoms with Crippen molar-refractivity contribution in [2.45, 2.75) is 20.4 Å². The predicted octanol–water partition coefficient (Wildman–Crippen LogP) is 3.91. The van der Waals surface area contributed by atoms with Crippen molar-refractivity contribution in [3.8, 4) is 0 Å². The van der Waals surface area contributed by atoms with Crippen LogP contribution in [-0.4, -0.2) is 17.9 Å². The number of amides is 1. The van der Waals surface area contributed by atoms with Crippen LogP contribution in [0.15, 0.2) is 45.2 Å². The van der Waals surface area contributed by atoms with E-state index in [1.165, 1.54) is 0 Å². The van der Waals surface area contributed by atoms with Gasteiger partial charge in [-0.3, -0.25) is 4.79 Å². The fourth-order valence-corrected chi connectivity index (χ4v) is 2.43. The molecule has 21 heavy (non-hydrogen) atoms. The van der Waals surface area contributed by atoms with Gasteiger partial charge in [0.2, 0.25) is 0 Å². The molecule has 0 saturated carbocycles. The van der Waals surface area contributed by atoms with E-state index in [2.05, 4.69) is 0 Å². The van der Waals surface area contributed by atoms with E-state index < -0.39 is 0 Å². The minimum absolute atomic E-state index is 0.141. The van der Waals surface area contributed by atoms with Gasteiger partial charge in [0.15, 0.2) is 5.76 Å². The van der Waals surface area contributed by atoms with Gasteiger partial charge in [0.1, 0.15) is 17.1 Å². The second kappa shape index (κ2) is 5.13. The molecule has 108 valence electrons. The Morgan fingerprint density at radius 3 is 2.52 bits per heavy atom. The number of para-hydroxylation sites is 1. The summed E-state index contributed by atoms with van der Waals surface area (Å²) in [6, 6.07) is 11.4. The molecule has 0 bridgehead atoms. The van der Waals surface area contributed by atoms with Crippen molar-refractivity contribution in [2.24, 2.45) is 0 Å². The molecule has 1 aromatic carbocycles. The fraction of sp³-hybridized carbons (Fsp3) is 0.235. The Kier molecular flexibility index (Phi) is 3.29. The van der Waals surface area contributed by atoms with E-state index in [-0.39, 0.29) is 5.91 Å². The van der Waals surface area contributed by atoms with Gasteiger partial charge in [-0.15, -0.1) is 0 Å². The molecule has 2 heterocycles. The molecule has 2 aromatic heterocycles. The van der Waals surface area contributed by atoms with Crippen LogP contribution in [0.25, 0.3) is 11.0 Å². The van der Waals surface area contributed by atoms with Crippen LogP contribution in [0.2, 0.25) is 0 Å². The third-order valence-corrected chi connectivity index (χ3v) is 3.57. The number of nitrogens with zero attached hydrogens (tertiary/aromatic N) is 1. The molecule has 0 fully saturated rings. The third kappa shape index (κ3) is 2.44. The Balaban J connectivity index is 1.87. The standard InChI is InChI=1S/C17H17NO3/c1-11-8-9-13(20-11)10-18(3)17(19)16-12(2)14-6-4-5-7-15(14)21-16/h4-9H,10H2,1-3H3. The fourth-order valence-electron chi connectivity index (χ4n) is 2.43. The Morgan fingerprint density at radius 2 is 1.86 bits per heavy atom. The van der Waals surface area contributed by atoms with Gasteiger partial charge < -0.3 is 13.7 Å². The number of aryl methyl sites for hydroxylation is 2. The van der Waals surface area contributed by atoms with Crippen LogP contribution in [-0.2, 0) is 6.54 Å². The summed E-state index contributed by atoms with van der Waals surface area (Å²) >= 11 is 0. The highest BCUT2D eigenvalue weighted by molar-refractivity contribution is 5.98. The van der Waals surface area contributed by atoms with E-state index in [9.17, 15) is 4.79 Å². The summed E-state index contributed by atoms with van der Waals surface area (Å²) < 4.78 is 11.2. The van der Waals surface area contributed by atoms with Gasteiger partial charge in [0.05, 0.1) is 6.54 Å². The van der Waals surface area contributed by atoms with Crippen LogP contribution < -0.4 is 0 Å². The molecule has 0 aliphatic rings. The molecule has 0 atom stereocenters. The molecule has 0 saturated heterocycles. The molecule has 0 spiro atoms. The third-order valence-electron chi connectivity index (χ3n) is 3.57. The first kappa shape index (κ1) is 13.5. The molecule has 0 aliphatic carbocycles. The Morgan fingerprint density at radius 1 is 1.10 bits per heavy atom. The van der Waals surface area contributed by atoms with Crippen LogP contribution in [0.3, 0.4) is 0 Å². The van der Waals surface area contributed by atoms with Gasteiger partial charge in [-0.1, -0.05) is 18.2 Å². The smallest absolute Gasteiger partial charge is 0.290 e. The van der Waals surface area contributed by atoms with Crippen molar-refractivity contribution in [3.63, 3.8) is 0 Å². The van der Waals surface area contributed by atoms with Gasteiger partial charge in [0.25, 0.3) is 5.91 Å². The molecule has 3 rings (SSSR count). The summed E-state index contributed by atoms with van der Waals surface area (Å²) in [6.07, 6.45) is 0. The van der Waals surface area contributed by atoms with E-state index in [4.69, 9.17) is 8.83 Å². The Hall–Kier alpha value is -2.49. The van der Waals surface area contributed by atoms with Crippen molar-refractivity contribution in [2.75, 3.05) is 7.05 Å². The molecule has 4 nitrogen and oxygen atoms in total. The molecule has 1 amide bonds. The average Bonchev–Trinajstić information content (AvgIpc) is 3.03. The normalized spacial score (nSPS) is 11.0. The zero-order valence-corrected chi connectivity index (χ0v) is 12.3. The van der Waals surface area contributed by atoms with Crippen molar-refractivity contribution < 1.29 is 13.6 Å². The molecule has 0 unspecified atom stereocenters. The Bertz CT molecular complexity index is 797. The van der Waals surface area contributed by atoms with Crippen LogP contribution in [0.4, 0.5) is 0 Å². The number of hydrogen-bond acceptors (Lipinski definition) is 3. The maximum atomic E-state index is 12.5. The maximum Gasteiger partial charge on any atom is 0.290 e. The lowest BCUT2D eigenvalue weighted by Crippen LogP contribution is -2.26. The number of carbonyl (C=O) groups excluding carboxylic acids is 1. The van der Waals surface area contributed by atoms with E-state index in [1.807, 2.05) is 50.2 Å². The summed E-state index contributed by atoms with van der Waals surface area (Å²) in [5, 5.41) is 0.975. The number of hydrogen-bond donors (Lipinski definition) is 0. The lowest BCUT2D eigenvalue weighted by molar-refractivity contribution is 0.0744. The van der Waals surface area contributed by atoms with Crippen LogP contribution >= 0.6 is 0 Å². The Labute approximate surface area is 123 Å². The summed E-state index contributed by atoms with van der Waals surface area (Å²) in [5.74, 6) is 1.85. The van der Waals surface area contributed by atoms with E-state index >= 15 is 0 Å². The average molecular weight is 283 g/mol. The zero-order valence-electron chi connectivity index (χ0n) is 12.3. The number of rotatable bonds is 3. The molecular weight excluding hydrogens is 266 g/mol. The van der Waals surface area contributed by atoms with Crippen LogP contribution in [0, 0.1) is 13.8 Å². The second-order valence-corrected chi connectivity index (χ2v) is 5.23. The number of carbonyl (C=O) groups is 1. The number of benzene rings is 1. The van der Waals surface area contributed by atoms with Crippen molar-refractivity contribution in [3.05, 3.63) is 59.2 Å². The van der Waals surface area contributed by atoms with Gasteiger partial charge in [-0.05, 0) is 32.0 Å². The first-order valence-corrected chi connectivity index (χ1v) is 6.85. The number of furan rings is 2. The van der Waals surface area contributed by atoms with E-state index in [0.717, 1.165) is 28.1 Å². The zero-order chi connectivity index (χ0) is 15.0. The summed E-state index contributed by atoms with van der Waals surface area (Å²) in [5.41, 5.74) is 1.61. The second-order valence-electron chi connectivity index (χ2n) is 5.23. The first-order valence-electron chi connectivity index (χ1n) is 6.85. The molecular formula is C17H17NO3. The molecule has 0 radical (unpaired) electrons. The van der Waals surface area contributed by atoms with Gasteiger partial charge >= 0.3 is 0 Å². The largest absolute Gasteiger partial charge is 0.464 e. The monoisotopic (exact) mass is 283 g/mol. The van der Waals surface area contributed by atoms with Crippen LogP contribution in [0.1, 0.15) is 27.6 Å². The first-order chi connectivity index (χ1) is 10.1. The van der Waals surface area contributed by atoms with Crippen molar-refractivity contribution >= 4 is 16.9 Å². The van der Waals surface area contributed by atoms with Crippen molar-refractivity contribution in [1.82, 2.24) is 4.90 Å². The van der Waals surface area contributed by atoms with Crippen molar-refractivity contribution in [1.29, 1.82) is 0 Å². The van der Waals surface area contributed by atoms with E-state index in [0.29, 0.717) is 12.3 Å². The summed E-state index contributed by atoms with van der Waals surface area (Å²) in [7, 11) is 1.74. The van der Waals surface area contributed by atoms with Gasteiger partial charge in [-0.2, -0.15) is 0 Å². The SMILES string of the molecule is Cc1ccc(CN(C)C(=O)c2oc3ccccc3c2C)o1. The summed E-state index contributed by atoms with van der Waals surface area (Å²) in [4.78, 5) is 14.1. The molecule has 0 N–H and O–H groups in total. The minimum Gasteiger partial charge on any atom is -0.464 e. The quantitative estimate of drug-likeness (QED) is 0.732. The summed E-state index contributed by atoms with van der Waals surface area (Å²) in [6.45, 7) is 4.21. The maximum absolute atomic E-state index is 12.5. The highest BCUT2D eigenvalue weighted by Gasteiger charge is 2.21. The minimum atomic E-state index is -0.141. The molecule has 4 heteroatoms. The highest BCUT2D eigenvalue weighted by atomic mass is 16.4. The number of fused-ring (bicyclic) bond motifs is 1. The lowest BCUT2D eigenvalue weighted by Gasteiger charge is -2.14. The van der Waals surface area contributed by atoms with E-state index in [1.54, 1.807) is 11.9 Å². The topological polar surface area (TPSA) is 46.6 Å². The lowest BCUT2D eigenvalue weighted by atomic mass is 10.1. The highest BCUT2D eigenvalue weighted by Crippen LogP contribution is 2.26. The van der Waals surface area contributed by atoms with Crippen LogP contribution in [0.5, 0.6) is 0 Å². The molecule has 0 aliphatic heterocycles. The van der Waals surface area contributed by atoms with Gasteiger partial charge in [-0.25, -0.2) is 0 Å². The molecule has 3 aromatic rings.